The first-order valence-corrected chi connectivity index (χ1v) is 13.9. The highest BCUT2D eigenvalue weighted by Gasteiger charge is 2.59. The van der Waals surface area contributed by atoms with E-state index in [0.717, 1.165) is 6.42 Å². The predicted octanol–water partition coefficient (Wildman–Crippen LogP) is 5.58. The number of aromatic nitrogens is 1. The maximum Gasteiger partial charge on any atom is 0.410 e. The van der Waals surface area contributed by atoms with Crippen molar-refractivity contribution in [2.45, 2.75) is 70.1 Å². The van der Waals surface area contributed by atoms with E-state index in [-0.39, 0.29) is 39.7 Å². The number of piperidine rings is 1. The summed E-state index contributed by atoms with van der Waals surface area (Å²) in [6, 6.07) is 7.96. The summed E-state index contributed by atoms with van der Waals surface area (Å²) in [7, 11) is 0. The molecule has 3 heterocycles. The van der Waals surface area contributed by atoms with Crippen LogP contribution in [0, 0.1) is 17.1 Å². The average molecular weight is 586 g/mol. The van der Waals surface area contributed by atoms with Crippen LogP contribution in [0.15, 0.2) is 30.5 Å². The van der Waals surface area contributed by atoms with Crippen LogP contribution in [0.2, 0.25) is 5.02 Å². The molecule has 2 saturated heterocycles. The van der Waals surface area contributed by atoms with Crippen molar-refractivity contribution in [1.29, 1.82) is 5.26 Å². The minimum Gasteiger partial charge on any atom is -0.487 e. The number of anilines is 2. The summed E-state index contributed by atoms with van der Waals surface area (Å²) in [6.07, 6.45) is 3.82. The smallest absolute Gasteiger partial charge is 0.410 e. The number of thiocarbonyl (C=S) groups is 1. The van der Waals surface area contributed by atoms with Crippen molar-refractivity contribution in [3.8, 4) is 11.8 Å². The number of amides is 2. The van der Waals surface area contributed by atoms with Gasteiger partial charge in [-0.05, 0) is 70.5 Å². The van der Waals surface area contributed by atoms with Crippen molar-refractivity contribution in [3.63, 3.8) is 0 Å². The van der Waals surface area contributed by atoms with Crippen LogP contribution in [0.1, 0.15) is 58.6 Å². The Morgan fingerprint density at radius 1 is 1.23 bits per heavy atom. The van der Waals surface area contributed by atoms with Crippen LogP contribution in [0.3, 0.4) is 0 Å². The van der Waals surface area contributed by atoms with Crippen LogP contribution in [-0.2, 0) is 9.53 Å². The minimum absolute atomic E-state index is 0.0476. The molecule has 3 fully saturated rings. The van der Waals surface area contributed by atoms with Gasteiger partial charge >= 0.3 is 6.09 Å². The first kappa shape index (κ1) is 28.1. The third-order valence-corrected chi connectivity index (χ3v) is 8.00. The Kier molecular flexibility index (Phi) is 7.35. The second-order valence-electron chi connectivity index (χ2n) is 11.2. The molecule has 0 bridgehead atoms. The fourth-order valence-corrected chi connectivity index (χ4v) is 5.90. The minimum atomic E-state index is -0.916. The van der Waals surface area contributed by atoms with E-state index < -0.39 is 17.0 Å². The van der Waals surface area contributed by atoms with E-state index in [1.807, 2.05) is 26.8 Å². The number of carbonyl (C=O) groups excluding carboxylic acids is 2. The fourth-order valence-electron chi connectivity index (χ4n) is 5.23. The summed E-state index contributed by atoms with van der Waals surface area (Å²) in [6.45, 7) is 6.37. The highest BCUT2D eigenvalue weighted by atomic mass is 35.5. The molecule has 0 radical (unpaired) electrons. The molecule has 3 aliphatic rings. The summed E-state index contributed by atoms with van der Waals surface area (Å²) in [4.78, 5) is 34.7. The molecule has 40 heavy (non-hydrogen) atoms. The molecule has 2 aliphatic heterocycles. The van der Waals surface area contributed by atoms with Crippen molar-refractivity contribution >= 4 is 52.3 Å². The maximum absolute atomic E-state index is 15.4. The lowest BCUT2D eigenvalue weighted by molar-refractivity contribution is -0.123. The zero-order valence-electron chi connectivity index (χ0n) is 22.4. The van der Waals surface area contributed by atoms with Gasteiger partial charge < -0.3 is 19.3 Å². The van der Waals surface area contributed by atoms with Crippen LogP contribution in [0.25, 0.3) is 0 Å². The molecule has 9 nitrogen and oxygen atoms in total. The van der Waals surface area contributed by atoms with Crippen molar-refractivity contribution in [2.75, 3.05) is 22.9 Å². The summed E-state index contributed by atoms with van der Waals surface area (Å²) in [5.74, 6) is -0.708. The fraction of sp³-hybridized carbons (Fsp3) is 0.464. The molecule has 5 rings (SSSR count). The Morgan fingerprint density at radius 3 is 2.48 bits per heavy atom. The predicted molar refractivity (Wildman–Crippen MR) is 151 cm³/mol. The molecule has 1 aromatic heterocycles. The summed E-state index contributed by atoms with van der Waals surface area (Å²) in [5, 5.41) is 9.45. The Balaban J connectivity index is 1.31. The summed E-state index contributed by atoms with van der Waals surface area (Å²) in [5.41, 5.74) is -0.644. The molecule has 210 valence electrons. The standard InChI is InChI=1S/C28H29ClFN5O4S/c1-27(2,3)39-26(37)33-11-7-19(8-12-33)38-23-6-5-17(14-21(23)30)35-25(40)34(24(36)28(35)9-4-10-28)18-13-20(29)22(15-31)32-16-18/h5-6,13-14,16,19H,4,7-12H2,1-3H3. The molecular weight excluding hydrogens is 557 g/mol. The molecule has 12 heteroatoms. The van der Waals surface area contributed by atoms with Gasteiger partial charge in [-0.15, -0.1) is 0 Å². The van der Waals surface area contributed by atoms with Gasteiger partial charge in [-0.2, -0.15) is 5.26 Å². The van der Waals surface area contributed by atoms with Crippen LogP contribution >= 0.6 is 23.8 Å². The van der Waals surface area contributed by atoms with Crippen molar-refractivity contribution in [2.24, 2.45) is 0 Å². The lowest BCUT2D eigenvalue weighted by Crippen LogP contribution is -2.55. The molecule has 2 amide bonds. The molecule has 2 aromatic rings. The van der Waals surface area contributed by atoms with Crippen molar-refractivity contribution in [3.05, 3.63) is 47.0 Å². The average Bonchev–Trinajstić information content (AvgIpc) is 3.11. The number of rotatable bonds is 4. The van der Waals surface area contributed by atoms with Gasteiger partial charge in [-0.3, -0.25) is 9.69 Å². The first-order chi connectivity index (χ1) is 18.9. The van der Waals surface area contributed by atoms with Gasteiger partial charge in [0.2, 0.25) is 0 Å². The number of ether oxygens (including phenoxy) is 2. The Labute approximate surface area is 242 Å². The first-order valence-electron chi connectivity index (χ1n) is 13.1. The molecule has 0 unspecified atom stereocenters. The maximum atomic E-state index is 15.4. The van der Waals surface area contributed by atoms with Gasteiger partial charge in [-0.1, -0.05) is 11.6 Å². The summed E-state index contributed by atoms with van der Waals surface area (Å²) >= 11 is 11.9. The Bertz CT molecular complexity index is 1410. The van der Waals surface area contributed by atoms with Crippen molar-refractivity contribution < 1.29 is 23.5 Å². The normalized spacial score (nSPS) is 19.1. The van der Waals surface area contributed by atoms with E-state index >= 15 is 4.39 Å². The third kappa shape index (κ3) is 5.06. The SMILES string of the molecule is CC(C)(C)OC(=O)N1CCC(Oc2ccc(N3C(=S)N(c4cnc(C#N)c(Cl)c4)C(=O)C34CCC4)cc2F)CC1. The number of pyridine rings is 1. The molecule has 1 aliphatic carbocycles. The highest BCUT2D eigenvalue weighted by Crippen LogP contribution is 2.48. The van der Waals surface area contributed by atoms with Crippen LogP contribution in [-0.4, -0.2) is 57.3 Å². The third-order valence-electron chi connectivity index (χ3n) is 7.34. The lowest BCUT2D eigenvalue weighted by Gasteiger charge is -2.43. The largest absolute Gasteiger partial charge is 0.487 e. The van der Waals surface area contributed by atoms with E-state index in [9.17, 15) is 9.59 Å². The van der Waals surface area contributed by atoms with Crippen LogP contribution in [0.4, 0.5) is 20.6 Å². The Hall–Kier alpha value is -3.49. The molecular formula is C28H29ClFN5O4S. The Morgan fingerprint density at radius 2 is 1.93 bits per heavy atom. The number of nitriles is 1. The molecule has 1 saturated carbocycles. The highest BCUT2D eigenvalue weighted by molar-refractivity contribution is 7.81. The lowest BCUT2D eigenvalue weighted by atomic mass is 9.75. The van der Waals surface area contributed by atoms with Crippen molar-refractivity contribution in [1.82, 2.24) is 9.88 Å². The van der Waals surface area contributed by atoms with E-state index in [0.29, 0.717) is 50.1 Å². The number of hydrogen-bond donors (Lipinski definition) is 0. The van der Waals surface area contributed by atoms with Crippen LogP contribution in [0.5, 0.6) is 5.75 Å². The zero-order valence-corrected chi connectivity index (χ0v) is 24.0. The second kappa shape index (κ2) is 10.5. The topological polar surface area (TPSA) is 99.0 Å². The zero-order chi connectivity index (χ0) is 28.8. The number of halogens is 2. The second-order valence-corrected chi connectivity index (χ2v) is 12.0. The van der Waals surface area contributed by atoms with E-state index in [1.165, 1.54) is 23.2 Å². The number of carbonyl (C=O) groups is 2. The molecule has 1 aromatic carbocycles. The van der Waals surface area contributed by atoms with Gasteiger partial charge in [0.1, 0.15) is 23.3 Å². The van der Waals surface area contributed by atoms with Gasteiger partial charge in [0, 0.05) is 37.7 Å². The monoisotopic (exact) mass is 585 g/mol. The van der Waals surface area contributed by atoms with E-state index in [1.54, 1.807) is 21.9 Å². The summed E-state index contributed by atoms with van der Waals surface area (Å²) < 4.78 is 26.8. The number of nitrogens with zero attached hydrogens (tertiary/aromatic N) is 5. The number of likely N-dealkylation sites (tertiary alicyclic amines) is 1. The van der Waals surface area contributed by atoms with E-state index in [4.69, 9.17) is 38.6 Å². The molecule has 1 spiro atoms. The number of benzene rings is 1. The van der Waals surface area contributed by atoms with Gasteiger partial charge in [-0.25, -0.2) is 14.2 Å². The van der Waals surface area contributed by atoms with Gasteiger partial charge in [0.05, 0.1) is 16.9 Å². The van der Waals surface area contributed by atoms with Gasteiger partial charge in [0.25, 0.3) is 5.91 Å². The number of hydrogen-bond acceptors (Lipinski definition) is 7. The molecule has 0 atom stereocenters. The van der Waals surface area contributed by atoms with Gasteiger partial charge in [0.15, 0.2) is 22.4 Å². The molecule has 0 N–H and O–H groups in total. The van der Waals surface area contributed by atoms with Crippen LogP contribution < -0.4 is 14.5 Å². The van der Waals surface area contributed by atoms with E-state index in [2.05, 4.69) is 4.98 Å². The quantitative estimate of drug-likeness (QED) is 0.429.